The topological polar surface area (TPSA) is 30.2 Å². The summed E-state index contributed by atoms with van der Waals surface area (Å²) in [5.41, 5.74) is 3.25. The first kappa shape index (κ1) is 17.7. The van der Waals surface area contributed by atoms with E-state index in [4.69, 9.17) is 0 Å². The molecule has 1 unspecified atom stereocenters. The van der Waals surface area contributed by atoms with Gasteiger partial charge in [0, 0.05) is 41.4 Å². The molecule has 0 fully saturated rings. The van der Waals surface area contributed by atoms with E-state index in [0.717, 1.165) is 23.1 Å². The smallest absolute Gasteiger partial charge is 0.271 e. The van der Waals surface area contributed by atoms with Crippen molar-refractivity contribution in [3.05, 3.63) is 95.7 Å². The number of aromatic nitrogens is 2. The molecule has 1 atom stereocenters. The Kier molecular flexibility index (Phi) is 4.23. The van der Waals surface area contributed by atoms with E-state index in [2.05, 4.69) is 23.8 Å². The van der Waals surface area contributed by atoms with E-state index in [0.29, 0.717) is 24.3 Å². The van der Waals surface area contributed by atoms with Crippen LogP contribution in [-0.4, -0.2) is 26.5 Å². The highest BCUT2D eigenvalue weighted by atomic mass is 19.1. The fourth-order valence-corrected chi connectivity index (χ4v) is 4.36. The van der Waals surface area contributed by atoms with Crippen LogP contribution >= 0.6 is 0 Å². The molecule has 0 aliphatic carbocycles. The molecule has 0 spiro atoms. The largest absolute Gasteiger partial charge is 0.348 e. The summed E-state index contributed by atoms with van der Waals surface area (Å²) in [6.07, 6.45) is 2.06. The third kappa shape index (κ3) is 2.94. The molecule has 0 N–H and O–H groups in total. The number of para-hydroxylation sites is 1. The van der Waals surface area contributed by atoms with Crippen molar-refractivity contribution in [2.45, 2.75) is 26.1 Å². The lowest BCUT2D eigenvalue weighted by molar-refractivity contribution is 0.0634. The van der Waals surface area contributed by atoms with Gasteiger partial charge in [0.1, 0.15) is 11.5 Å². The fraction of sp³-hybridized carbons (Fsp3) is 0.208. The van der Waals surface area contributed by atoms with Crippen LogP contribution in [0.3, 0.4) is 0 Å². The second-order valence-corrected chi connectivity index (χ2v) is 7.57. The number of carbonyl (C=O) groups is 1. The van der Waals surface area contributed by atoms with Gasteiger partial charge in [0.2, 0.25) is 0 Å². The van der Waals surface area contributed by atoms with Crippen LogP contribution in [0.4, 0.5) is 4.39 Å². The summed E-state index contributed by atoms with van der Waals surface area (Å²) in [6, 6.07) is 20.6. The Hall–Kier alpha value is -3.34. The summed E-state index contributed by atoms with van der Waals surface area (Å²) in [4.78, 5) is 15.5. The van der Waals surface area contributed by atoms with Crippen LogP contribution in [0.2, 0.25) is 0 Å². The number of amides is 1. The monoisotopic (exact) mass is 387 g/mol. The molecule has 0 saturated carbocycles. The first-order valence-electron chi connectivity index (χ1n) is 9.91. The summed E-state index contributed by atoms with van der Waals surface area (Å²) < 4.78 is 18.5. The van der Waals surface area contributed by atoms with E-state index in [1.54, 1.807) is 12.1 Å². The van der Waals surface area contributed by atoms with Crippen molar-refractivity contribution >= 4 is 16.8 Å². The number of rotatable bonds is 3. The first-order valence-corrected chi connectivity index (χ1v) is 9.91. The molecule has 5 rings (SSSR count). The van der Waals surface area contributed by atoms with E-state index in [1.807, 2.05) is 51.9 Å². The molecular formula is C24H22FN3O. The van der Waals surface area contributed by atoms with E-state index < -0.39 is 0 Å². The zero-order valence-electron chi connectivity index (χ0n) is 16.3. The second-order valence-electron chi connectivity index (χ2n) is 7.57. The van der Waals surface area contributed by atoms with E-state index in [9.17, 15) is 9.18 Å². The predicted octanol–water partition coefficient (Wildman–Crippen LogP) is 4.85. The molecule has 1 amide bonds. The highest BCUT2D eigenvalue weighted by molar-refractivity contribution is 5.99. The number of hydrogen-bond donors (Lipinski definition) is 0. The molecule has 0 saturated heterocycles. The van der Waals surface area contributed by atoms with Crippen molar-refractivity contribution in [2.24, 2.45) is 0 Å². The molecule has 1 aliphatic heterocycles. The van der Waals surface area contributed by atoms with Crippen LogP contribution in [-0.2, 0) is 13.1 Å². The van der Waals surface area contributed by atoms with E-state index in [1.165, 1.54) is 6.07 Å². The van der Waals surface area contributed by atoms with E-state index in [-0.39, 0.29) is 17.8 Å². The Labute approximate surface area is 168 Å². The summed E-state index contributed by atoms with van der Waals surface area (Å²) in [5, 5.41) is 0.986. The lowest BCUT2D eigenvalue weighted by Crippen LogP contribution is -2.41. The number of halogens is 1. The SMILES string of the molecule is CC1c2cccn2CCN1C(=O)c1cc2ccccc2n1Cc1ccccc1F. The van der Waals surface area contributed by atoms with Gasteiger partial charge in [-0.2, -0.15) is 0 Å². The molecule has 3 heterocycles. The van der Waals surface area contributed by atoms with Gasteiger partial charge in [0.25, 0.3) is 5.91 Å². The van der Waals surface area contributed by atoms with Crippen LogP contribution in [0.1, 0.15) is 34.7 Å². The maximum Gasteiger partial charge on any atom is 0.271 e. The highest BCUT2D eigenvalue weighted by Gasteiger charge is 2.30. The quantitative estimate of drug-likeness (QED) is 0.494. The number of fused-ring (bicyclic) bond motifs is 2. The molecule has 4 nitrogen and oxygen atoms in total. The van der Waals surface area contributed by atoms with Crippen LogP contribution in [0.15, 0.2) is 72.9 Å². The van der Waals surface area contributed by atoms with Gasteiger partial charge in [-0.15, -0.1) is 0 Å². The molecule has 5 heteroatoms. The van der Waals surface area contributed by atoms with Gasteiger partial charge in [0.15, 0.2) is 0 Å². The predicted molar refractivity (Wildman–Crippen MR) is 111 cm³/mol. The Bertz CT molecular complexity index is 1210. The minimum atomic E-state index is -0.257. The van der Waals surface area contributed by atoms with Crippen LogP contribution < -0.4 is 0 Å². The maximum absolute atomic E-state index is 14.3. The molecular weight excluding hydrogens is 365 g/mol. The van der Waals surface area contributed by atoms with Crippen molar-refractivity contribution in [1.82, 2.24) is 14.0 Å². The van der Waals surface area contributed by atoms with Gasteiger partial charge in [-0.3, -0.25) is 4.79 Å². The van der Waals surface area contributed by atoms with Gasteiger partial charge < -0.3 is 14.0 Å². The Morgan fingerprint density at radius 3 is 2.69 bits per heavy atom. The average molecular weight is 387 g/mol. The molecule has 29 heavy (non-hydrogen) atoms. The minimum Gasteiger partial charge on any atom is -0.348 e. The number of carbonyl (C=O) groups excluding carboxylic acids is 1. The van der Waals surface area contributed by atoms with Crippen molar-refractivity contribution in [3.63, 3.8) is 0 Å². The third-order valence-corrected chi connectivity index (χ3v) is 5.92. The summed E-state index contributed by atoms with van der Waals surface area (Å²) in [6.45, 7) is 3.82. The lowest BCUT2D eigenvalue weighted by atomic mass is 10.1. The van der Waals surface area contributed by atoms with Crippen molar-refractivity contribution in [1.29, 1.82) is 0 Å². The number of nitrogens with zero attached hydrogens (tertiary/aromatic N) is 3. The number of benzene rings is 2. The van der Waals surface area contributed by atoms with Gasteiger partial charge in [0.05, 0.1) is 12.6 Å². The van der Waals surface area contributed by atoms with Crippen LogP contribution in [0.5, 0.6) is 0 Å². The van der Waals surface area contributed by atoms with Gasteiger partial charge >= 0.3 is 0 Å². The number of hydrogen-bond acceptors (Lipinski definition) is 1. The average Bonchev–Trinajstić information content (AvgIpc) is 3.35. The molecule has 2 aromatic carbocycles. The second kappa shape index (κ2) is 6.92. The summed E-state index contributed by atoms with van der Waals surface area (Å²) >= 11 is 0. The molecule has 4 aromatic rings. The molecule has 146 valence electrons. The van der Waals surface area contributed by atoms with Crippen molar-refractivity contribution < 1.29 is 9.18 Å². The normalized spacial score (nSPS) is 16.2. The molecule has 0 radical (unpaired) electrons. The standard InChI is InChI=1S/C24H22FN3O/c1-17-21-11-6-12-26(21)13-14-27(17)24(29)23-15-18-7-3-5-10-22(18)28(23)16-19-8-2-4-9-20(19)25/h2-12,15,17H,13-14,16H2,1H3. The third-order valence-electron chi connectivity index (χ3n) is 5.92. The zero-order chi connectivity index (χ0) is 20.0. The fourth-order valence-electron chi connectivity index (χ4n) is 4.36. The van der Waals surface area contributed by atoms with Crippen molar-refractivity contribution in [3.8, 4) is 0 Å². The Balaban J connectivity index is 1.58. The Morgan fingerprint density at radius 2 is 1.83 bits per heavy atom. The van der Waals surface area contributed by atoms with Crippen LogP contribution in [0.25, 0.3) is 10.9 Å². The van der Waals surface area contributed by atoms with Gasteiger partial charge in [-0.05, 0) is 37.3 Å². The molecule has 2 aromatic heterocycles. The van der Waals surface area contributed by atoms with Gasteiger partial charge in [-0.25, -0.2) is 4.39 Å². The van der Waals surface area contributed by atoms with E-state index >= 15 is 0 Å². The van der Waals surface area contributed by atoms with Crippen LogP contribution in [0, 0.1) is 5.82 Å². The Morgan fingerprint density at radius 1 is 1.03 bits per heavy atom. The van der Waals surface area contributed by atoms with Crippen molar-refractivity contribution in [2.75, 3.05) is 6.54 Å². The summed E-state index contributed by atoms with van der Waals surface area (Å²) in [7, 11) is 0. The summed E-state index contributed by atoms with van der Waals surface area (Å²) in [5.74, 6) is -0.273. The minimum absolute atomic E-state index is 0.00817. The first-order chi connectivity index (χ1) is 14.1. The lowest BCUT2D eigenvalue weighted by Gasteiger charge is -2.35. The zero-order valence-corrected chi connectivity index (χ0v) is 16.3. The molecule has 1 aliphatic rings. The van der Waals surface area contributed by atoms with Gasteiger partial charge in [-0.1, -0.05) is 36.4 Å². The highest BCUT2D eigenvalue weighted by Crippen LogP contribution is 2.29. The molecule has 0 bridgehead atoms. The maximum atomic E-state index is 14.3.